The molecule has 6 heteroatoms. The maximum absolute atomic E-state index is 13.5. The lowest BCUT2D eigenvalue weighted by atomic mass is 9.74. The molecule has 2 heterocycles. The molecule has 39 heavy (non-hydrogen) atoms. The molecule has 0 radical (unpaired) electrons. The van der Waals surface area contributed by atoms with Gasteiger partial charge >= 0.3 is 6.03 Å². The topological polar surface area (TPSA) is 59.1 Å². The summed E-state index contributed by atoms with van der Waals surface area (Å²) in [6, 6.07) is 26.7. The molecule has 2 N–H and O–H groups in total. The molecule has 0 spiro atoms. The summed E-state index contributed by atoms with van der Waals surface area (Å²) in [6.07, 6.45) is 0.940. The first-order valence-corrected chi connectivity index (χ1v) is 13.8. The number of hydrogen-bond acceptors (Lipinski definition) is 4. The Hall–Kier alpha value is -3.63. The number of rotatable bonds is 4. The summed E-state index contributed by atoms with van der Waals surface area (Å²) in [5.74, 6) is 6.62. The van der Waals surface area contributed by atoms with Crippen molar-refractivity contribution in [2.45, 2.75) is 37.4 Å². The van der Waals surface area contributed by atoms with Crippen LogP contribution in [-0.2, 0) is 0 Å². The number of amides is 2. The predicted octanol–water partition coefficient (Wildman–Crippen LogP) is 4.39. The second-order valence-electron chi connectivity index (χ2n) is 10.9. The summed E-state index contributed by atoms with van der Waals surface area (Å²) in [6.45, 7) is 4.32. The Kier molecular flexibility index (Phi) is 8.33. The van der Waals surface area contributed by atoms with Crippen molar-refractivity contribution in [3.05, 3.63) is 101 Å². The van der Waals surface area contributed by atoms with Crippen molar-refractivity contribution in [3.8, 4) is 11.8 Å². The molecule has 0 aliphatic carbocycles. The summed E-state index contributed by atoms with van der Waals surface area (Å²) < 4.78 is 0. The molecule has 0 aromatic heterocycles. The SMILES string of the molecule is Cc1ccc(NC(=O)N2C[C@H](N(C)C)CCN3[C@H](CO)[C@H](c4ccc(C#Cc5ccccc5)cc4)[C@@H]3C2)cc1. The van der Waals surface area contributed by atoms with Crippen molar-refractivity contribution in [3.63, 3.8) is 0 Å². The second-order valence-corrected chi connectivity index (χ2v) is 10.9. The van der Waals surface area contributed by atoms with Gasteiger partial charge in [-0.2, -0.15) is 0 Å². The maximum atomic E-state index is 13.5. The third kappa shape index (κ3) is 6.17. The number of aryl methyl sites for hydroxylation is 1. The van der Waals surface area contributed by atoms with E-state index in [1.807, 2.05) is 66.4 Å². The predicted molar refractivity (Wildman–Crippen MR) is 157 cm³/mol. The number of aliphatic hydroxyl groups excluding tert-OH is 1. The minimum absolute atomic E-state index is 0.0409. The lowest BCUT2D eigenvalue weighted by molar-refractivity contribution is -0.0654. The first kappa shape index (κ1) is 27.0. The number of anilines is 1. The molecule has 0 saturated carbocycles. The summed E-state index contributed by atoms with van der Waals surface area (Å²) in [4.78, 5) is 20.1. The number of carbonyl (C=O) groups excluding carboxylic acids is 1. The van der Waals surface area contributed by atoms with E-state index < -0.39 is 0 Å². The standard InChI is InChI=1S/C33H38N4O2/c1-24-9-17-28(18-10-24)34-33(39)36-21-29(35(2)3)19-20-37-30(22-36)32(31(37)23-38)27-15-13-26(14-16-27)12-11-25-7-5-4-6-8-25/h4-10,13-18,29-32,38H,19-23H2,1-3H3,(H,34,39)/t29-,30+,31-,32-/m1/s1. The molecule has 0 bridgehead atoms. The van der Waals surface area contributed by atoms with E-state index in [-0.39, 0.29) is 36.7 Å². The first-order valence-electron chi connectivity index (χ1n) is 13.8. The molecule has 2 aliphatic rings. The van der Waals surface area contributed by atoms with Gasteiger partial charge in [-0.15, -0.1) is 0 Å². The van der Waals surface area contributed by atoms with Crippen LogP contribution in [0.15, 0.2) is 78.9 Å². The van der Waals surface area contributed by atoms with Crippen LogP contribution in [0.3, 0.4) is 0 Å². The molecule has 2 saturated heterocycles. The highest BCUT2D eigenvalue weighted by atomic mass is 16.3. The van der Waals surface area contributed by atoms with Crippen LogP contribution in [0.25, 0.3) is 0 Å². The van der Waals surface area contributed by atoms with Crippen molar-refractivity contribution in [1.82, 2.24) is 14.7 Å². The van der Waals surface area contributed by atoms with Gasteiger partial charge in [0, 0.05) is 60.5 Å². The molecular formula is C33H38N4O2. The number of fused-ring (bicyclic) bond motifs is 1. The van der Waals surface area contributed by atoms with Crippen LogP contribution in [0.1, 0.15) is 34.6 Å². The zero-order chi connectivity index (χ0) is 27.4. The van der Waals surface area contributed by atoms with Crippen molar-refractivity contribution >= 4 is 11.7 Å². The van der Waals surface area contributed by atoms with Gasteiger partial charge in [-0.25, -0.2) is 4.79 Å². The monoisotopic (exact) mass is 522 g/mol. The van der Waals surface area contributed by atoms with Crippen LogP contribution in [0.2, 0.25) is 0 Å². The fraction of sp³-hybridized carbons (Fsp3) is 0.364. The Morgan fingerprint density at radius 2 is 1.62 bits per heavy atom. The molecule has 0 unspecified atom stereocenters. The summed E-state index contributed by atoms with van der Waals surface area (Å²) in [5, 5.41) is 13.5. The van der Waals surface area contributed by atoms with Gasteiger partial charge in [0.15, 0.2) is 0 Å². The number of carbonyl (C=O) groups is 1. The van der Waals surface area contributed by atoms with Gasteiger partial charge in [0.1, 0.15) is 0 Å². The van der Waals surface area contributed by atoms with Crippen LogP contribution in [0, 0.1) is 18.8 Å². The van der Waals surface area contributed by atoms with Crippen LogP contribution < -0.4 is 5.32 Å². The number of urea groups is 1. The first-order chi connectivity index (χ1) is 18.9. The smallest absolute Gasteiger partial charge is 0.321 e. The quantitative estimate of drug-likeness (QED) is 0.499. The number of benzene rings is 3. The minimum Gasteiger partial charge on any atom is -0.395 e. The fourth-order valence-corrected chi connectivity index (χ4v) is 5.85. The molecule has 3 aromatic rings. The van der Waals surface area contributed by atoms with E-state index >= 15 is 0 Å². The van der Waals surface area contributed by atoms with Crippen molar-refractivity contribution < 1.29 is 9.90 Å². The highest BCUT2D eigenvalue weighted by molar-refractivity contribution is 5.89. The molecule has 6 nitrogen and oxygen atoms in total. The lowest BCUT2D eigenvalue weighted by Gasteiger charge is -2.57. The third-order valence-corrected chi connectivity index (χ3v) is 8.17. The average Bonchev–Trinajstić information content (AvgIpc) is 2.93. The average molecular weight is 523 g/mol. The van der Waals surface area contributed by atoms with E-state index in [4.69, 9.17) is 0 Å². The van der Waals surface area contributed by atoms with E-state index in [9.17, 15) is 9.90 Å². The number of aliphatic hydroxyl groups is 1. The van der Waals surface area contributed by atoms with Gasteiger partial charge in [-0.05, 0) is 69.4 Å². The molecule has 3 aromatic carbocycles. The van der Waals surface area contributed by atoms with Crippen LogP contribution >= 0.6 is 0 Å². The molecule has 202 valence electrons. The maximum Gasteiger partial charge on any atom is 0.321 e. The molecule has 2 aliphatic heterocycles. The van der Waals surface area contributed by atoms with E-state index in [0.717, 1.165) is 35.3 Å². The van der Waals surface area contributed by atoms with Crippen molar-refractivity contribution in [2.24, 2.45) is 0 Å². The molecular weight excluding hydrogens is 484 g/mol. The number of likely N-dealkylation sites (N-methyl/N-ethyl adjacent to an activating group) is 1. The van der Waals surface area contributed by atoms with Gasteiger partial charge in [0.05, 0.1) is 6.61 Å². The third-order valence-electron chi connectivity index (χ3n) is 8.17. The van der Waals surface area contributed by atoms with E-state index in [1.165, 1.54) is 5.56 Å². The van der Waals surface area contributed by atoms with Gasteiger partial charge in [0.2, 0.25) is 0 Å². The molecule has 2 amide bonds. The van der Waals surface area contributed by atoms with Gasteiger partial charge < -0.3 is 20.2 Å². The van der Waals surface area contributed by atoms with Crippen LogP contribution in [-0.4, -0.2) is 84.3 Å². The zero-order valence-electron chi connectivity index (χ0n) is 23.0. The minimum atomic E-state index is -0.0784. The molecule has 5 rings (SSSR count). The summed E-state index contributed by atoms with van der Waals surface area (Å²) in [5.41, 5.74) is 5.10. The fourth-order valence-electron chi connectivity index (χ4n) is 5.85. The summed E-state index contributed by atoms with van der Waals surface area (Å²) in [7, 11) is 4.15. The number of nitrogens with one attached hydrogen (secondary N) is 1. The van der Waals surface area contributed by atoms with Gasteiger partial charge in [0.25, 0.3) is 0 Å². The van der Waals surface area contributed by atoms with Crippen molar-refractivity contribution in [1.29, 1.82) is 0 Å². The molecule has 4 atom stereocenters. The molecule has 2 fully saturated rings. The Morgan fingerprint density at radius 1 is 0.949 bits per heavy atom. The Morgan fingerprint density at radius 3 is 2.26 bits per heavy atom. The Bertz CT molecular complexity index is 1310. The van der Waals surface area contributed by atoms with E-state index in [2.05, 4.69) is 65.3 Å². The van der Waals surface area contributed by atoms with Gasteiger partial charge in [-0.1, -0.05) is 59.9 Å². The largest absolute Gasteiger partial charge is 0.395 e. The van der Waals surface area contributed by atoms with E-state index in [0.29, 0.717) is 13.1 Å². The van der Waals surface area contributed by atoms with Crippen LogP contribution in [0.4, 0.5) is 10.5 Å². The summed E-state index contributed by atoms with van der Waals surface area (Å²) >= 11 is 0. The van der Waals surface area contributed by atoms with Crippen LogP contribution in [0.5, 0.6) is 0 Å². The normalized spacial score (nSPS) is 23.1. The Labute approximate surface area is 232 Å². The number of nitrogens with zero attached hydrogens (tertiary/aromatic N) is 3. The second kappa shape index (κ2) is 12.0. The number of hydrogen-bond donors (Lipinski definition) is 2. The zero-order valence-corrected chi connectivity index (χ0v) is 23.0. The van der Waals surface area contributed by atoms with E-state index in [1.54, 1.807) is 0 Å². The van der Waals surface area contributed by atoms with Crippen molar-refractivity contribution in [2.75, 3.05) is 45.7 Å². The lowest BCUT2D eigenvalue weighted by Crippen LogP contribution is -2.69. The van der Waals surface area contributed by atoms with Gasteiger partial charge in [-0.3, -0.25) is 4.90 Å². The Balaban J connectivity index is 1.36. The highest BCUT2D eigenvalue weighted by Crippen LogP contribution is 2.42. The highest BCUT2D eigenvalue weighted by Gasteiger charge is 2.50.